The van der Waals surface area contributed by atoms with E-state index in [0.717, 1.165) is 0 Å². The maximum atomic E-state index is 12.2. The Kier molecular flexibility index (Phi) is 10.0. The van der Waals surface area contributed by atoms with Crippen LogP contribution in [0.1, 0.15) is 32.1 Å². The molecule has 0 aromatic heterocycles. The van der Waals surface area contributed by atoms with Crippen molar-refractivity contribution < 1.29 is 44.1 Å². The zero-order valence-electron chi connectivity index (χ0n) is 14.2. The lowest BCUT2D eigenvalue weighted by atomic mass is 10.1. The van der Waals surface area contributed by atoms with E-state index in [-0.39, 0.29) is 12.8 Å². The third kappa shape index (κ3) is 10.4. The molecule has 13 nitrogen and oxygen atoms in total. The first-order chi connectivity index (χ1) is 12.4. The van der Waals surface area contributed by atoms with Crippen molar-refractivity contribution in [3.05, 3.63) is 0 Å². The van der Waals surface area contributed by atoms with Gasteiger partial charge in [0.25, 0.3) is 0 Å². The Balaban J connectivity index is 5.09. The third-order valence-corrected chi connectivity index (χ3v) is 3.31. The van der Waals surface area contributed by atoms with Crippen LogP contribution in [0.15, 0.2) is 0 Å². The zero-order valence-corrected chi connectivity index (χ0v) is 14.2. The van der Waals surface area contributed by atoms with E-state index in [1.165, 1.54) is 0 Å². The molecule has 0 saturated carbocycles. The Hall–Kier alpha value is -3.22. The molecule has 0 heterocycles. The van der Waals surface area contributed by atoms with Gasteiger partial charge in [0.1, 0.15) is 12.1 Å². The van der Waals surface area contributed by atoms with Crippen LogP contribution >= 0.6 is 0 Å². The Morgan fingerprint density at radius 2 is 1.33 bits per heavy atom. The average molecular weight is 390 g/mol. The third-order valence-electron chi connectivity index (χ3n) is 3.31. The van der Waals surface area contributed by atoms with Crippen molar-refractivity contribution in [1.82, 2.24) is 10.6 Å². The molecule has 3 unspecified atom stereocenters. The van der Waals surface area contributed by atoms with Crippen LogP contribution in [0.3, 0.4) is 0 Å². The van der Waals surface area contributed by atoms with Crippen molar-refractivity contribution in [2.24, 2.45) is 11.5 Å². The highest BCUT2D eigenvalue weighted by molar-refractivity contribution is 5.93. The molecule has 3 atom stereocenters. The van der Waals surface area contributed by atoms with Gasteiger partial charge in [0.15, 0.2) is 0 Å². The van der Waals surface area contributed by atoms with Gasteiger partial charge in [0, 0.05) is 12.8 Å². The zero-order chi connectivity index (χ0) is 21.1. The van der Waals surface area contributed by atoms with Gasteiger partial charge in [-0.2, -0.15) is 0 Å². The fourth-order valence-corrected chi connectivity index (χ4v) is 1.89. The van der Waals surface area contributed by atoms with Gasteiger partial charge in [0.05, 0.1) is 12.5 Å². The summed E-state index contributed by atoms with van der Waals surface area (Å²) in [6.07, 6.45) is -2.16. The molecule has 9 N–H and O–H groups in total. The number of carboxylic acid groups (broad SMARTS) is 3. The number of hydrogen-bond donors (Lipinski definition) is 7. The van der Waals surface area contributed by atoms with E-state index >= 15 is 0 Å². The Labute approximate surface area is 153 Å². The molecule has 0 bridgehead atoms. The minimum absolute atomic E-state index is 0.120. The van der Waals surface area contributed by atoms with E-state index in [2.05, 4.69) is 5.32 Å². The average Bonchev–Trinajstić information content (AvgIpc) is 2.54. The standard InChI is InChI=1S/C14H22N4O9/c15-6(1-3-9(16)19)12(24)17-7(2-4-10(20)21)13(25)18-8(14(26)27)5-11(22)23/h6-8H,1-5,15H2,(H2,16,19)(H,17,24)(H,18,25)(H,20,21)(H,22,23)(H,26,27). The molecule has 0 rings (SSSR count). The molecule has 0 saturated heterocycles. The second kappa shape index (κ2) is 11.4. The number of nitrogens with one attached hydrogen (secondary N) is 2. The Bertz CT molecular complexity index is 607. The van der Waals surface area contributed by atoms with E-state index in [4.69, 9.17) is 26.8 Å². The van der Waals surface area contributed by atoms with Crippen LogP contribution in [0.2, 0.25) is 0 Å². The van der Waals surface area contributed by atoms with Crippen molar-refractivity contribution in [3.8, 4) is 0 Å². The van der Waals surface area contributed by atoms with Gasteiger partial charge < -0.3 is 37.4 Å². The fraction of sp³-hybridized carbons (Fsp3) is 0.571. The number of carboxylic acids is 3. The van der Waals surface area contributed by atoms with Gasteiger partial charge >= 0.3 is 17.9 Å². The predicted molar refractivity (Wildman–Crippen MR) is 87.0 cm³/mol. The van der Waals surface area contributed by atoms with Gasteiger partial charge in [0.2, 0.25) is 17.7 Å². The monoisotopic (exact) mass is 390 g/mol. The van der Waals surface area contributed by atoms with Crippen molar-refractivity contribution >= 4 is 35.6 Å². The minimum Gasteiger partial charge on any atom is -0.481 e. The molecule has 152 valence electrons. The summed E-state index contributed by atoms with van der Waals surface area (Å²) in [6, 6.07) is -4.46. The van der Waals surface area contributed by atoms with Crippen LogP contribution in [-0.4, -0.2) is 69.1 Å². The largest absolute Gasteiger partial charge is 0.481 e. The summed E-state index contributed by atoms with van der Waals surface area (Å²) in [5.74, 6) is -7.04. The summed E-state index contributed by atoms with van der Waals surface area (Å²) in [5, 5.41) is 30.4. The van der Waals surface area contributed by atoms with Crippen LogP contribution in [0.25, 0.3) is 0 Å². The molecule has 0 aromatic rings. The molecule has 0 spiro atoms. The molecule has 0 aliphatic rings. The molecule has 3 amide bonds. The van der Waals surface area contributed by atoms with E-state index in [1.54, 1.807) is 0 Å². The summed E-state index contributed by atoms with van der Waals surface area (Å²) in [6.45, 7) is 0. The van der Waals surface area contributed by atoms with Gasteiger partial charge in [-0.3, -0.25) is 24.0 Å². The first-order valence-electron chi connectivity index (χ1n) is 7.75. The van der Waals surface area contributed by atoms with Crippen LogP contribution in [-0.2, 0) is 28.8 Å². The van der Waals surface area contributed by atoms with Crippen molar-refractivity contribution in [1.29, 1.82) is 0 Å². The lowest BCUT2D eigenvalue weighted by Gasteiger charge is -2.22. The van der Waals surface area contributed by atoms with Crippen molar-refractivity contribution in [2.75, 3.05) is 0 Å². The minimum atomic E-state index is -1.78. The quantitative estimate of drug-likeness (QED) is 0.168. The maximum absolute atomic E-state index is 12.2. The van der Waals surface area contributed by atoms with Crippen LogP contribution in [0, 0.1) is 0 Å². The number of amides is 3. The van der Waals surface area contributed by atoms with Crippen LogP contribution < -0.4 is 22.1 Å². The second-order valence-corrected chi connectivity index (χ2v) is 5.60. The molecular weight excluding hydrogens is 368 g/mol. The lowest BCUT2D eigenvalue weighted by molar-refractivity contribution is -0.147. The number of primary amides is 1. The number of rotatable bonds is 13. The van der Waals surface area contributed by atoms with Gasteiger partial charge in [-0.25, -0.2) is 4.79 Å². The summed E-state index contributed by atoms with van der Waals surface area (Å²) in [4.78, 5) is 67.3. The number of hydrogen-bond acceptors (Lipinski definition) is 7. The highest BCUT2D eigenvalue weighted by Crippen LogP contribution is 2.03. The molecule has 27 heavy (non-hydrogen) atoms. The maximum Gasteiger partial charge on any atom is 0.326 e. The SMILES string of the molecule is NC(=O)CCC(N)C(=O)NC(CCC(=O)O)C(=O)NC(CC(=O)O)C(=O)O. The van der Waals surface area contributed by atoms with E-state index < -0.39 is 73.0 Å². The second-order valence-electron chi connectivity index (χ2n) is 5.60. The molecule has 0 fully saturated rings. The van der Waals surface area contributed by atoms with E-state index in [9.17, 15) is 28.8 Å². The smallest absolute Gasteiger partial charge is 0.326 e. The van der Waals surface area contributed by atoms with E-state index in [0.29, 0.717) is 0 Å². The van der Waals surface area contributed by atoms with Crippen LogP contribution in [0.5, 0.6) is 0 Å². The molecular formula is C14H22N4O9. The predicted octanol–water partition coefficient (Wildman–Crippen LogP) is -3.03. The topological polar surface area (TPSA) is 239 Å². The lowest BCUT2D eigenvalue weighted by Crippen LogP contribution is -2.54. The summed E-state index contributed by atoms with van der Waals surface area (Å²) >= 11 is 0. The van der Waals surface area contributed by atoms with Crippen LogP contribution in [0.4, 0.5) is 0 Å². The fourth-order valence-electron chi connectivity index (χ4n) is 1.89. The molecule has 0 aliphatic carbocycles. The highest BCUT2D eigenvalue weighted by Gasteiger charge is 2.29. The van der Waals surface area contributed by atoms with Crippen molar-refractivity contribution in [3.63, 3.8) is 0 Å². The summed E-state index contributed by atoms with van der Waals surface area (Å²) in [5.41, 5.74) is 10.5. The number of carbonyl (C=O) groups is 6. The van der Waals surface area contributed by atoms with Gasteiger partial charge in [-0.1, -0.05) is 0 Å². The van der Waals surface area contributed by atoms with Gasteiger partial charge in [-0.15, -0.1) is 0 Å². The number of aliphatic carboxylic acids is 3. The molecule has 0 radical (unpaired) electrons. The number of carbonyl (C=O) groups excluding carboxylic acids is 3. The van der Waals surface area contributed by atoms with E-state index in [1.807, 2.05) is 5.32 Å². The summed E-state index contributed by atoms with van der Waals surface area (Å²) in [7, 11) is 0. The first kappa shape index (κ1) is 23.8. The Morgan fingerprint density at radius 3 is 1.78 bits per heavy atom. The molecule has 13 heteroatoms. The van der Waals surface area contributed by atoms with Crippen molar-refractivity contribution in [2.45, 2.75) is 50.2 Å². The molecule has 0 aliphatic heterocycles. The normalized spacial score (nSPS) is 13.7. The Morgan fingerprint density at radius 1 is 0.778 bits per heavy atom. The summed E-state index contributed by atoms with van der Waals surface area (Å²) < 4.78 is 0. The number of nitrogens with two attached hydrogens (primary N) is 2. The first-order valence-corrected chi connectivity index (χ1v) is 7.75. The highest BCUT2D eigenvalue weighted by atomic mass is 16.4. The van der Waals surface area contributed by atoms with Gasteiger partial charge in [-0.05, 0) is 12.8 Å². The molecule has 0 aromatic carbocycles.